The molecule has 1 fully saturated rings. The molecule has 0 aromatic carbocycles. The Bertz CT molecular complexity index is 804. The van der Waals surface area contributed by atoms with Crippen LogP contribution in [0.5, 0.6) is 0 Å². The van der Waals surface area contributed by atoms with Gasteiger partial charge in [-0.25, -0.2) is 9.97 Å². The number of hydrogen-bond acceptors (Lipinski definition) is 8. The molecule has 0 bridgehead atoms. The van der Waals surface area contributed by atoms with E-state index in [0.717, 1.165) is 12.0 Å². The highest BCUT2D eigenvalue weighted by atomic mass is 32.1. The van der Waals surface area contributed by atoms with Crippen LogP contribution >= 0.6 is 11.3 Å². The molecular formula is C17H19N5O3S. The van der Waals surface area contributed by atoms with E-state index in [1.54, 1.807) is 6.20 Å². The predicted molar refractivity (Wildman–Crippen MR) is 96.4 cm³/mol. The summed E-state index contributed by atoms with van der Waals surface area (Å²) in [4.78, 5) is 21.8. The van der Waals surface area contributed by atoms with Crippen LogP contribution in [-0.2, 0) is 16.0 Å². The maximum absolute atomic E-state index is 11.0. The van der Waals surface area contributed by atoms with Gasteiger partial charge in [0.2, 0.25) is 0 Å². The number of carbonyl (C=O) groups is 1. The summed E-state index contributed by atoms with van der Waals surface area (Å²) in [5, 5.41) is 21.6. The van der Waals surface area contributed by atoms with E-state index in [-0.39, 0.29) is 12.5 Å². The van der Waals surface area contributed by atoms with E-state index >= 15 is 0 Å². The molecule has 1 saturated heterocycles. The lowest BCUT2D eigenvalue weighted by Crippen LogP contribution is -2.35. The van der Waals surface area contributed by atoms with Crippen molar-refractivity contribution in [2.24, 2.45) is 5.92 Å². The fraction of sp³-hybridized carbons (Fsp3) is 0.412. The molecule has 1 aliphatic rings. The zero-order chi connectivity index (χ0) is 18.4. The number of nitrogens with zero attached hydrogens (tertiary/aromatic N) is 4. The number of nitriles is 1. The van der Waals surface area contributed by atoms with Crippen molar-refractivity contribution in [3.05, 3.63) is 35.0 Å². The van der Waals surface area contributed by atoms with Gasteiger partial charge in [0.05, 0.1) is 26.0 Å². The van der Waals surface area contributed by atoms with Crippen LogP contribution in [0.2, 0.25) is 0 Å². The van der Waals surface area contributed by atoms with Crippen molar-refractivity contribution in [2.75, 3.05) is 38.2 Å². The van der Waals surface area contributed by atoms with Crippen molar-refractivity contribution in [3.8, 4) is 6.07 Å². The van der Waals surface area contributed by atoms with Gasteiger partial charge in [-0.05, 0) is 30.0 Å². The topological polar surface area (TPSA) is 111 Å². The van der Waals surface area contributed by atoms with Crippen molar-refractivity contribution < 1.29 is 14.6 Å². The monoisotopic (exact) mass is 373 g/mol. The second-order valence-corrected chi connectivity index (χ2v) is 7.12. The van der Waals surface area contributed by atoms with E-state index in [1.165, 1.54) is 17.5 Å². The molecule has 9 heteroatoms. The third kappa shape index (κ3) is 5.23. The maximum atomic E-state index is 11.0. The van der Waals surface area contributed by atoms with Crippen molar-refractivity contribution >= 4 is 28.3 Å². The molecule has 136 valence electrons. The first kappa shape index (κ1) is 18.3. The molecule has 1 unspecified atom stereocenters. The molecule has 2 aromatic heterocycles. The number of aromatic nitrogens is 2. The zero-order valence-corrected chi connectivity index (χ0v) is 14.9. The smallest absolute Gasteiger partial charge is 0.317 e. The molecule has 1 aliphatic heterocycles. The Morgan fingerprint density at radius 3 is 3.19 bits per heavy atom. The molecule has 0 saturated carbocycles. The van der Waals surface area contributed by atoms with Crippen molar-refractivity contribution in [1.29, 1.82) is 5.26 Å². The van der Waals surface area contributed by atoms with Gasteiger partial charge >= 0.3 is 5.97 Å². The van der Waals surface area contributed by atoms with Crippen LogP contribution in [0.25, 0.3) is 0 Å². The standard InChI is InChI=1S/C17H19N5O3S/c18-7-14-8-20-17(26-14)21-15-6-12(1-2-19-15)5-13-9-22(10-16(23)24)3-4-25-11-13/h1-2,6,8,13H,3-5,9-11H2,(H,23,24)(H,19,20,21). The van der Waals surface area contributed by atoms with Crippen molar-refractivity contribution in [2.45, 2.75) is 6.42 Å². The molecule has 2 N–H and O–H groups in total. The highest BCUT2D eigenvalue weighted by Gasteiger charge is 2.20. The number of anilines is 2. The van der Waals surface area contributed by atoms with Gasteiger partial charge in [-0.3, -0.25) is 9.69 Å². The molecule has 0 radical (unpaired) electrons. The van der Waals surface area contributed by atoms with Gasteiger partial charge in [0.15, 0.2) is 5.13 Å². The number of hydrogen-bond donors (Lipinski definition) is 2. The lowest BCUT2D eigenvalue weighted by molar-refractivity contribution is -0.138. The summed E-state index contributed by atoms with van der Waals surface area (Å²) in [6.45, 7) is 2.53. The third-order valence-electron chi connectivity index (χ3n) is 3.98. The fourth-order valence-electron chi connectivity index (χ4n) is 2.91. The second-order valence-electron chi connectivity index (χ2n) is 6.09. The Hall–Kier alpha value is -2.54. The maximum Gasteiger partial charge on any atom is 0.317 e. The van der Waals surface area contributed by atoms with Crippen LogP contribution in [0, 0.1) is 17.2 Å². The van der Waals surface area contributed by atoms with E-state index < -0.39 is 5.97 Å². The highest BCUT2D eigenvalue weighted by Crippen LogP contribution is 2.22. The molecule has 0 amide bonds. The van der Waals surface area contributed by atoms with Crippen LogP contribution < -0.4 is 5.32 Å². The third-order valence-corrected chi connectivity index (χ3v) is 4.80. The van der Waals surface area contributed by atoms with E-state index in [2.05, 4.69) is 21.4 Å². The summed E-state index contributed by atoms with van der Waals surface area (Å²) < 4.78 is 5.63. The average molecular weight is 373 g/mol. The summed E-state index contributed by atoms with van der Waals surface area (Å²) in [7, 11) is 0. The van der Waals surface area contributed by atoms with Gasteiger partial charge in [0.25, 0.3) is 0 Å². The Morgan fingerprint density at radius 2 is 2.42 bits per heavy atom. The number of carboxylic acids is 1. The van der Waals surface area contributed by atoms with Crippen LogP contribution in [-0.4, -0.2) is 58.8 Å². The predicted octanol–water partition coefficient (Wildman–Crippen LogP) is 1.73. The summed E-state index contributed by atoms with van der Waals surface area (Å²) in [5.41, 5.74) is 1.09. The molecule has 3 heterocycles. The van der Waals surface area contributed by atoms with E-state index in [0.29, 0.717) is 42.1 Å². The van der Waals surface area contributed by atoms with Gasteiger partial charge in [-0.1, -0.05) is 11.3 Å². The lowest BCUT2D eigenvalue weighted by atomic mass is 10.0. The number of aliphatic carboxylic acids is 1. The van der Waals surface area contributed by atoms with Gasteiger partial charge in [-0.2, -0.15) is 5.26 Å². The van der Waals surface area contributed by atoms with Crippen LogP contribution in [0.3, 0.4) is 0 Å². The minimum atomic E-state index is -0.818. The van der Waals surface area contributed by atoms with Crippen molar-refractivity contribution in [3.63, 3.8) is 0 Å². The Balaban J connectivity index is 1.63. The Labute approximate surface area is 155 Å². The second kappa shape index (κ2) is 8.71. The molecule has 0 spiro atoms. The summed E-state index contributed by atoms with van der Waals surface area (Å²) in [6.07, 6.45) is 4.02. The normalized spacial score (nSPS) is 18.0. The molecule has 0 aliphatic carbocycles. The Morgan fingerprint density at radius 1 is 1.54 bits per heavy atom. The zero-order valence-electron chi connectivity index (χ0n) is 14.1. The van der Waals surface area contributed by atoms with Gasteiger partial charge in [0, 0.05) is 19.3 Å². The lowest BCUT2D eigenvalue weighted by Gasteiger charge is -2.21. The van der Waals surface area contributed by atoms with Crippen LogP contribution in [0.15, 0.2) is 24.5 Å². The summed E-state index contributed by atoms with van der Waals surface area (Å²) in [6, 6.07) is 5.95. The van der Waals surface area contributed by atoms with Crippen LogP contribution in [0.4, 0.5) is 10.9 Å². The van der Waals surface area contributed by atoms with E-state index in [4.69, 9.17) is 15.1 Å². The SMILES string of the molecule is N#Cc1cnc(Nc2cc(CC3COCCN(CC(=O)O)C3)ccn2)s1. The number of nitrogens with one attached hydrogen (secondary N) is 1. The van der Waals surface area contributed by atoms with Gasteiger partial charge < -0.3 is 15.2 Å². The van der Waals surface area contributed by atoms with E-state index in [9.17, 15) is 4.79 Å². The summed E-state index contributed by atoms with van der Waals surface area (Å²) in [5.74, 6) is 0.0664. The van der Waals surface area contributed by atoms with E-state index in [1.807, 2.05) is 17.0 Å². The number of pyridine rings is 1. The first-order valence-electron chi connectivity index (χ1n) is 8.22. The molecular weight excluding hydrogens is 354 g/mol. The molecule has 26 heavy (non-hydrogen) atoms. The highest BCUT2D eigenvalue weighted by molar-refractivity contribution is 7.16. The average Bonchev–Trinajstić information content (AvgIpc) is 2.95. The number of ether oxygens (including phenoxy) is 1. The summed E-state index contributed by atoms with van der Waals surface area (Å²) >= 11 is 1.27. The molecule has 8 nitrogen and oxygen atoms in total. The van der Waals surface area contributed by atoms with Gasteiger partial charge in [-0.15, -0.1) is 0 Å². The molecule has 1 atom stereocenters. The molecule has 3 rings (SSSR count). The first-order valence-corrected chi connectivity index (χ1v) is 9.04. The minimum absolute atomic E-state index is 0.0360. The minimum Gasteiger partial charge on any atom is -0.480 e. The van der Waals surface area contributed by atoms with Crippen LogP contribution in [0.1, 0.15) is 10.4 Å². The van der Waals surface area contributed by atoms with Gasteiger partial charge in [0.1, 0.15) is 16.8 Å². The molecule has 2 aromatic rings. The fourth-order valence-corrected chi connectivity index (χ4v) is 3.53. The van der Waals surface area contributed by atoms with Crippen molar-refractivity contribution in [1.82, 2.24) is 14.9 Å². The quantitative estimate of drug-likeness (QED) is 0.787. The largest absolute Gasteiger partial charge is 0.480 e. The number of thiazole rings is 1. The number of carboxylic acid groups (broad SMARTS) is 1. The number of rotatable bonds is 6. The Kier molecular flexibility index (Phi) is 6.12. The first-order chi connectivity index (χ1) is 12.6.